The monoisotopic (exact) mass is 236 g/mol. The summed E-state index contributed by atoms with van der Waals surface area (Å²) in [6.45, 7) is 0.897. The van der Waals surface area contributed by atoms with Gasteiger partial charge in [-0.3, -0.25) is 0 Å². The number of nitrogens with zero attached hydrogens (tertiary/aromatic N) is 1. The zero-order valence-corrected chi connectivity index (χ0v) is 10.1. The van der Waals surface area contributed by atoms with Crippen LogP contribution >= 0.6 is 12.2 Å². The van der Waals surface area contributed by atoms with E-state index in [4.69, 9.17) is 17.0 Å². The average molecular weight is 236 g/mol. The first-order valence-corrected chi connectivity index (χ1v) is 6.44. The van der Waals surface area contributed by atoms with Crippen molar-refractivity contribution in [3.8, 4) is 0 Å². The number of rotatable bonds is 3. The van der Waals surface area contributed by atoms with Crippen LogP contribution in [0.3, 0.4) is 0 Å². The van der Waals surface area contributed by atoms with Crippen molar-refractivity contribution >= 4 is 12.2 Å². The molecule has 1 atom stereocenters. The van der Waals surface area contributed by atoms with Gasteiger partial charge in [-0.1, -0.05) is 12.2 Å². The van der Waals surface area contributed by atoms with Crippen molar-refractivity contribution < 1.29 is 4.74 Å². The van der Waals surface area contributed by atoms with Crippen molar-refractivity contribution in [1.29, 1.82) is 0 Å². The largest absolute Gasteiger partial charge is 0.378 e. The molecule has 16 heavy (non-hydrogen) atoms. The minimum absolute atomic E-state index is 0.340. The lowest BCUT2D eigenvalue weighted by Crippen LogP contribution is -2.12. The van der Waals surface area contributed by atoms with Crippen molar-refractivity contribution in [1.82, 2.24) is 9.97 Å². The Hall–Kier alpha value is -0.740. The van der Waals surface area contributed by atoms with E-state index in [0.717, 1.165) is 25.3 Å². The number of hydrogen-bond donors (Lipinski definition) is 1. The summed E-state index contributed by atoms with van der Waals surface area (Å²) in [5.41, 5.74) is 1.27. The van der Waals surface area contributed by atoms with Crippen LogP contribution in [0.25, 0.3) is 0 Å². The standard InChI is InChI=1S/C12H16N2OS/c16-12-7-10(8-3-4-8)13-11(14-12)6-9-2-1-5-15-9/h7-9H,1-6H2,(H,13,14,16). The highest BCUT2D eigenvalue weighted by Gasteiger charge is 2.25. The van der Waals surface area contributed by atoms with E-state index in [9.17, 15) is 0 Å². The molecule has 2 heterocycles. The number of H-pyrrole nitrogens is 1. The van der Waals surface area contributed by atoms with E-state index >= 15 is 0 Å². The van der Waals surface area contributed by atoms with Gasteiger partial charge in [-0.25, -0.2) is 4.98 Å². The number of hydrogen-bond acceptors (Lipinski definition) is 3. The van der Waals surface area contributed by atoms with Gasteiger partial charge in [0.2, 0.25) is 0 Å². The SMILES string of the molecule is S=c1cc(C2CC2)[nH]c(CC2CCCO2)n1. The van der Waals surface area contributed by atoms with Crippen LogP contribution < -0.4 is 0 Å². The lowest BCUT2D eigenvalue weighted by molar-refractivity contribution is 0.110. The van der Waals surface area contributed by atoms with Crippen molar-refractivity contribution in [3.05, 3.63) is 22.2 Å². The van der Waals surface area contributed by atoms with Gasteiger partial charge in [0.05, 0.1) is 6.10 Å². The highest BCUT2D eigenvalue weighted by atomic mass is 32.1. The van der Waals surface area contributed by atoms with Crippen molar-refractivity contribution in [2.75, 3.05) is 6.61 Å². The summed E-state index contributed by atoms with van der Waals surface area (Å²) in [7, 11) is 0. The molecule has 1 unspecified atom stereocenters. The normalized spacial score (nSPS) is 24.9. The molecule has 1 aromatic rings. The second-order valence-electron chi connectivity index (χ2n) is 4.73. The molecule has 1 saturated carbocycles. The van der Waals surface area contributed by atoms with Crippen LogP contribution in [0.1, 0.15) is 43.1 Å². The van der Waals surface area contributed by atoms with E-state index in [-0.39, 0.29) is 0 Å². The third-order valence-corrected chi connectivity index (χ3v) is 3.48. The van der Waals surface area contributed by atoms with Gasteiger partial charge in [-0.05, 0) is 37.7 Å². The first-order valence-electron chi connectivity index (χ1n) is 6.03. The second kappa shape index (κ2) is 4.26. The Labute approximate surface area is 100 Å². The average Bonchev–Trinajstić information content (AvgIpc) is 2.98. The first-order chi connectivity index (χ1) is 7.81. The summed E-state index contributed by atoms with van der Waals surface area (Å²) < 4.78 is 6.34. The molecule has 2 fully saturated rings. The minimum atomic E-state index is 0.340. The molecule has 86 valence electrons. The van der Waals surface area contributed by atoms with Crippen LogP contribution in [-0.2, 0) is 11.2 Å². The van der Waals surface area contributed by atoms with Crippen LogP contribution in [0.15, 0.2) is 6.07 Å². The molecule has 3 rings (SSSR count). The Kier molecular flexibility index (Phi) is 2.77. The van der Waals surface area contributed by atoms with Gasteiger partial charge in [0.25, 0.3) is 0 Å². The predicted molar refractivity (Wildman–Crippen MR) is 64.1 cm³/mol. The Balaban J connectivity index is 1.79. The van der Waals surface area contributed by atoms with Crippen LogP contribution in [0.5, 0.6) is 0 Å². The number of ether oxygens (including phenoxy) is 1. The summed E-state index contributed by atoms with van der Waals surface area (Å²) in [5, 5.41) is 0. The lowest BCUT2D eigenvalue weighted by atomic mass is 10.1. The third kappa shape index (κ3) is 2.33. The van der Waals surface area contributed by atoms with E-state index in [1.165, 1.54) is 25.0 Å². The van der Waals surface area contributed by atoms with Gasteiger partial charge in [-0.15, -0.1) is 0 Å². The highest BCUT2D eigenvalue weighted by molar-refractivity contribution is 7.71. The zero-order valence-electron chi connectivity index (χ0n) is 9.24. The van der Waals surface area contributed by atoms with E-state index in [0.29, 0.717) is 16.7 Å². The summed E-state index contributed by atoms with van der Waals surface area (Å²) >= 11 is 5.20. The van der Waals surface area contributed by atoms with Crippen molar-refractivity contribution in [2.45, 2.75) is 44.1 Å². The maximum absolute atomic E-state index is 5.62. The molecule has 0 spiro atoms. The van der Waals surface area contributed by atoms with Crippen molar-refractivity contribution in [2.24, 2.45) is 0 Å². The summed E-state index contributed by atoms with van der Waals surface area (Å²) in [6.07, 6.45) is 6.12. The summed E-state index contributed by atoms with van der Waals surface area (Å²) in [4.78, 5) is 7.80. The Morgan fingerprint density at radius 3 is 3.00 bits per heavy atom. The van der Waals surface area contributed by atoms with Gasteiger partial charge in [0.15, 0.2) is 0 Å². The van der Waals surface area contributed by atoms with E-state index in [1.807, 2.05) is 6.07 Å². The molecule has 0 radical (unpaired) electrons. The Morgan fingerprint density at radius 1 is 1.44 bits per heavy atom. The van der Waals surface area contributed by atoms with E-state index in [1.54, 1.807) is 0 Å². The van der Waals surface area contributed by atoms with Gasteiger partial charge in [-0.2, -0.15) is 0 Å². The van der Waals surface area contributed by atoms with Crippen LogP contribution in [0.4, 0.5) is 0 Å². The Bertz CT molecular complexity index is 433. The van der Waals surface area contributed by atoms with Crippen LogP contribution in [0.2, 0.25) is 0 Å². The minimum Gasteiger partial charge on any atom is -0.378 e. The number of aromatic nitrogens is 2. The molecular formula is C12H16N2OS. The molecule has 1 aliphatic carbocycles. The predicted octanol–water partition coefficient (Wildman–Crippen LogP) is 2.74. The van der Waals surface area contributed by atoms with Gasteiger partial charge in [0, 0.05) is 18.7 Å². The second-order valence-corrected chi connectivity index (χ2v) is 5.15. The zero-order chi connectivity index (χ0) is 11.0. The molecular weight excluding hydrogens is 220 g/mol. The third-order valence-electron chi connectivity index (χ3n) is 3.27. The molecule has 0 bridgehead atoms. The molecule has 1 saturated heterocycles. The maximum Gasteiger partial charge on any atom is 0.129 e. The molecule has 1 aliphatic heterocycles. The fraction of sp³-hybridized carbons (Fsp3) is 0.667. The molecule has 3 nitrogen and oxygen atoms in total. The fourth-order valence-corrected chi connectivity index (χ4v) is 2.50. The number of aromatic amines is 1. The van der Waals surface area contributed by atoms with Crippen molar-refractivity contribution in [3.63, 3.8) is 0 Å². The van der Waals surface area contributed by atoms with E-state index in [2.05, 4.69) is 9.97 Å². The summed E-state index contributed by atoms with van der Waals surface area (Å²) in [5.74, 6) is 1.70. The molecule has 4 heteroatoms. The lowest BCUT2D eigenvalue weighted by Gasteiger charge is -2.09. The van der Waals surface area contributed by atoms with Gasteiger partial charge < -0.3 is 9.72 Å². The van der Waals surface area contributed by atoms with Crippen LogP contribution in [-0.4, -0.2) is 22.7 Å². The summed E-state index contributed by atoms with van der Waals surface area (Å²) in [6, 6.07) is 2.01. The highest BCUT2D eigenvalue weighted by Crippen LogP contribution is 2.38. The van der Waals surface area contributed by atoms with Crippen LogP contribution in [0, 0.1) is 4.64 Å². The quantitative estimate of drug-likeness (QED) is 0.820. The smallest absolute Gasteiger partial charge is 0.129 e. The van der Waals surface area contributed by atoms with E-state index < -0.39 is 0 Å². The molecule has 1 aromatic heterocycles. The van der Waals surface area contributed by atoms with Gasteiger partial charge >= 0.3 is 0 Å². The number of nitrogens with one attached hydrogen (secondary N) is 1. The Morgan fingerprint density at radius 2 is 2.31 bits per heavy atom. The van der Waals surface area contributed by atoms with Gasteiger partial charge in [0.1, 0.15) is 10.5 Å². The fourth-order valence-electron chi connectivity index (χ4n) is 2.26. The topological polar surface area (TPSA) is 37.9 Å². The molecule has 0 aromatic carbocycles. The maximum atomic E-state index is 5.62. The molecule has 1 N–H and O–H groups in total. The molecule has 2 aliphatic rings. The first kappa shape index (κ1) is 10.4. The molecule has 0 amide bonds.